The summed E-state index contributed by atoms with van der Waals surface area (Å²) in [6, 6.07) is 24.6. The van der Waals surface area contributed by atoms with E-state index in [1.54, 1.807) is 4.90 Å². The predicted molar refractivity (Wildman–Crippen MR) is 130 cm³/mol. The van der Waals surface area contributed by atoms with Gasteiger partial charge in [-0.25, -0.2) is 4.79 Å². The van der Waals surface area contributed by atoms with Crippen LogP contribution in [0.15, 0.2) is 78.2 Å². The second-order valence-corrected chi connectivity index (χ2v) is 9.07. The summed E-state index contributed by atoms with van der Waals surface area (Å²) in [6.07, 6.45) is 2.25. The van der Waals surface area contributed by atoms with Gasteiger partial charge >= 0.3 is 6.03 Å². The zero-order chi connectivity index (χ0) is 22.2. The fourth-order valence-corrected chi connectivity index (χ4v) is 4.87. The maximum atomic E-state index is 12.8. The molecule has 0 unspecified atom stereocenters. The molecule has 4 rings (SSSR count). The molecule has 0 bridgehead atoms. The van der Waals surface area contributed by atoms with E-state index in [9.17, 15) is 9.59 Å². The number of benzene rings is 2. The zero-order valence-electron chi connectivity index (χ0n) is 18.1. The number of nitrogens with one attached hydrogen (secondary N) is 2. The highest BCUT2D eigenvalue weighted by atomic mass is 32.1. The molecule has 2 aromatic carbocycles. The van der Waals surface area contributed by atoms with E-state index in [4.69, 9.17) is 0 Å². The van der Waals surface area contributed by atoms with Gasteiger partial charge in [-0.2, -0.15) is 0 Å². The molecule has 32 heavy (non-hydrogen) atoms. The summed E-state index contributed by atoms with van der Waals surface area (Å²) in [6.45, 7) is 1.84. The molecule has 166 valence electrons. The number of hydrogen-bond acceptors (Lipinski definition) is 3. The van der Waals surface area contributed by atoms with Gasteiger partial charge in [-0.15, -0.1) is 11.3 Å². The number of thiophene rings is 1. The molecular weight excluding hydrogens is 418 g/mol. The Kier molecular flexibility index (Phi) is 7.56. The van der Waals surface area contributed by atoms with Gasteiger partial charge in [-0.1, -0.05) is 60.7 Å². The van der Waals surface area contributed by atoms with Gasteiger partial charge in [0.25, 0.3) is 0 Å². The number of urea groups is 1. The second-order valence-electron chi connectivity index (χ2n) is 8.12. The Morgan fingerprint density at radius 1 is 0.906 bits per heavy atom. The molecule has 1 fully saturated rings. The summed E-state index contributed by atoms with van der Waals surface area (Å²) in [5.74, 6) is 0.316. The van der Waals surface area contributed by atoms with Crippen LogP contribution in [0, 0.1) is 5.92 Å². The van der Waals surface area contributed by atoms with Crippen molar-refractivity contribution in [3.8, 4) is 0 Å². The number of carbonyl (C=O) groups is 2. The standard InChI is InChI=1S/C26H29N3O2S/c30-25(22-14-17-29(18-15-22)26(31)28-24-12-7-19-32-24)27-16-13-23(20-8-3-1-4-9-20)21-10-5-2-6-11-21/h1-12,19,22-23H,13-18H2,(H,27,30)(H,28,31). The number of anilines is 1. The minimum absolute atomic E-state index is 0.0345. The summed E-state index contributed by atoms with van der Waals surface area (Å²) < 4.78 is 0. The molecule has 1 saturated heterocycles. The lowest BCUT2D eigenvalue weighted by Gasteiger charge is -2.31. The van der Waals surface area contributed by atoms with Gasteiger partial charge in [0.2, 0.25) is 5.91 Å². The number of rotatable bonds is 7. The zero-order valence-corrected chi connectivity index (χ0v) is 18.9. The Morgan fingerprint density at radius 2 is 1.53 bits per heavy atom. The number of nitrogens with zero attached hydrogens (tertiary/aromatic N) is 1. The Morgan fingerprint density at radius 3 is 2.09 bits per heavy atom. The largest absolute Gasteiger partial charge is 0.356 e. The van der Waals surface area contributed by atoms with Crippen molar-refractivity contribution in [3.05, 3.63) is 89.3 Å². The van der Waals surface area contributed by atoms with Gasteiger partial charge in [0.15, 0.2) is 0 Å². The minimum atomic E-state index is -0.0835. The van der Waals surface area contributed by atoms with Crippen LogP contribution in [-0.4, -0.2) is 36.5 Å². The molecule has 1 aliphatic heterocycles. The maximum Gasteiger partial charge on any atom is 0.322 e. The van der Waals surface area contributed by atoms with E-state index in [0.717, 1.165) is 11.4 Å². The molecule has 0 radical (unpaired) electrons. The first-order chi connectivity index (χ1) is 15.7. The number of likely N-dealkylation sites (tertiary alicyclic amines) is 1. The molecule has 0 saturated carbocycles. The Labute approximate surface area is 193 Å². The predicted octanol–water partition coefficient (Wildman–Crippen LogP) is 5.33. The molecule has 3 aromatic rings. The molecule has 0 atom stereocenters. The van der Waals surface area contributed by atoms with Crippen molar-refractivity contribution in [2.75, 3.05) is 25.0 Å². The summed E-state index contributed by atoms with van der Waals surface area (Å²) >= 11 is 1.51. The highest BCUT2D eigenvalue weighted by Crippen LogP contribution is 2.27. The van der Waals surface area contributed by atoms with Crippen molar-refractivity contribution >= 4 is 28.3 Å². The third-order valence-corrected chi connectivity index (χ3v) is 6.83. The fraction of sp³-hybridized carbons (Fsp3) is 0.308. The first-order valence-electron chi connectivity index (χ1n) is 11.2. The summed E-state index contributed by atoms with van der Waals surface area (Å²) in [5.41, 5.74) is 2.52. The highest BCUT2D eigenvalue weighted by Gasteiger charge is 2.27. The lowest BCUT2D eigenvalue weighted by Crippen LogP contribution is -2.44. The Bertz CT molecular complexity index is 945. The van der Waals surface area contributed by atoms with Crippen LogP contribution in [0.5, 0.6) is 0 Å². The van der Waals surface area contributed by atoms with Gasteiger partial charge in [0, 0.05) is 31.5 Å². The molecule has 0 spiro atoms. The van der Waals surface area contributed by atoms with Crippen LogP contribution < -0.4 is 10.6 Å². The monoisotopic (exact) mass is 447 g/mol. The van der Waals surface area contributed by atoms with Gasteiger partial charge < -0.3 is 10.2 Å². The van der Waals surface area contributed by atoms with Crippen molar-refractivity contribution in [1.29, 1.82) is 0 Å². The van der Waals surface area contributed by atoms with Crippen LogP contribution in [0.1, 0.15) is 36.3 Å². The minimum Gasteiger partial charge on any atom is -0.356 e. The van der Waals surface area contributed by atoms with Crippen molar-refractivity contribution in [2.24, 2.45) is 5.92 Å². The third-order valence-electron chi connectivity index (χ3n) is 6.04. The molecule has 1 aliphatic rings. The van der Waals surface area contributed by atoms with Crippen molar-refractivity contribution < 1.29 is 9.59 Å². The van der Waals surface area contributed by atoms with Crippen LogP contribution in [0.2, 0.25) is 0 Å². The van der Waals surface area contributed by atoms with Gasteiger partial charge in [-0.3, -0.25) is 10.1 Å². The first kappa shape index (κ1) is 22.1. The van der Waals surface area contributed by atoms with Crippen LogP contribution in [0.3, 0.4) is 0 Å². The lowest BCUT2D eigenvalue weighted by atomic mass is 9.88. The van der Waals surface area contributed by atoms with Crippen LogP contribution in [0.4, 0.5) is 9.80 Å². The summed E-state index contributed by atoms with van der Waals surface area (Å²) in [5, 5.41) is 8.85. The second kappa shape index (κ2) is 11.0. The van der Waals surface area contributed by atoms with E-state index >= 15 is 0 Å². The molecule has 6 heteroatoms. The quantitative estimate of drug-likeness (QED) is 0.514. The molecule has 2 heterocycles. The average molecular weight is 448 g/mol. The topological polar surface area (TPSA) is 61.4 Å². The SMILES string of the molecule is O=C(NCCC(c1ccccc1)c1ccccc1)C1CCN(C(=O)Nc2cccs2)CC1. The van der Waals surface area contributed by atoms with Crippen LogP contribution in [-0.2, 0) is 4.79 Å². The first-order valence-corrected chi connectivity index (χ1v) is 12.1. The van der Waals surface area contributed by atoms with Crippen LogP contribution >= 0.6 is 11.3 Å². The number of amides is 3. The molecule has 5 nitrogen and oxygen atoms in total. The normalized spacial score (nSPS) is 14.3. The molecule has 1 aromatic heterocycles. The van der Waals surface area contributed by atoms with Crippen molar-refractivity contribution in [2.45, 2.75) is 25.2 Å². The summed E-state index contributed by atoms with van der Waals surface area (Å²) in [4.78, 5) is 26.9. The summed E-state index contributed by atoms with van der Waals surface area (Å²) in [7, 11) is 0. The van der Waals surface area contributed by atoms with Crippen molar-refractivity contribution in [1.82, 2.24) is 10.2 Å². The molecule has 0 aliphatic carbocycles. The van der Waals surface area contributed by atoms with Gasteiger partial charge in [0.1, 0.15) is 0 Å². The number of hydrogen-bond donors (Lipinski definition) is 2. The van der Waals surface area contributed by atoms with Gasteiger partial charge in [0.05, 0.1) is 5.00 Å². The highest BCUT2D eigenvalue weighted by molar-refractivity contribution is 7.14. The van der Waals surface area contributed by atoms with Gasteiger partial charge in [-0.05, 0) is 47.9 Å². The van der Waals surface area contributed by atoms with E-state index in [0.29, 0.717) is 32.5 Å². The van der Waals surface area contributed by atoms with Crippen molar-refractivity contribution in [3.63, 3.8) is 0 Å². The third kappa shape index (κ3) is 5.77. The van der Waals surface area contributed by atoms with E-state index in [1.807, 2.05) is 29.6 Å². The fourth-order valence-electron chi connectivity index (χ4n) is 4.26. The molecule has 3 amide bonds. The molecule has 2 N–H and O–H groups in total. The Hall–Kier alpha value is -3.12. The maximum absolute atomic E-state index is 12.8. The smallest absolute Gasteiger partial charge is 0.322 e. The van der Waals surface area contributed by atoms with Crippen LogP contribution in [0.25, 0.3) is 0 Å². The van der Waals surface area contributed by atoms with E-state index < -0.39 is 0 Å². The lowest BCUT2D eigenvalue weighted by molar-refractivity contribution is -0.126. The molecular formula is C26H29N3O2S. The van der Waals surface area contributed by atoms with E-state index in [1.165, 1.54) is 22.5 Å². The number of carbonyl (C=O) groups excluding carboxylic acids is 2. The average Bonchev–Trinajstić information content (AvgIpc) is 3.36. The Balaban J connectivity index is 1.26. The number of piperidine rings is 1. The van der Waals surface area contributed by atoms with E-state index in [-0.39, 0.29) is 23.8 Å². The van der Waals surface area contributed by atoms with E-state index in [2.05, 4.69) is 59.2 Å².